The highest BCUT2D eigenvalue weighted by atomic mass is 35.5. The Kier molecular flexibility index (Phi) is 6.36. The van der Waals surface area contributed by atoms with E-state index < -0.39 is 0 Å². The Morgan fingerprint density at radius 1 is 1.36 bits per heavy atom. The first kappa shape index (κ1) is 19.9. The number of carbonyl (C=O) groups is 1. The van der Waals surface area contributed by atoms with Crippen LogP contribution in [0.1, 0.15) is 32.3 Å². The van der Waals surface area contributed by atoms with Gasteiger partial charge >= 0.3 is 6.01 Å². The van der Waals surface area contributed by atoms with Crippen LogP contribution in [-0.4, -0.2) is 33.6 Å². The number of hydrogen-bond donors (Lipinski definition) is 2. The van der Waals surface area contributed by atoms with Crippen LogP contribution in [0.3, 0.4) is 0 Å². The van der Waals surface area contributed by atoms with Gasteiger partial charge in [0.25, 0.3) is 0 Å². The van der Waals surface area contributed by atoms with Gasteiger partial charge in [-0.05, 0) is 25.7 Å². The fraction of sp³-hybridized carbons (Fsp3) is 0.350. The van der Waals surface area contributed by atoms with Crippen molar-refractivity contribution < 1.29 is 19.4 Å². The SMILES string of the molecule is CC(=O)N[C@@H](C)/C=C/c1cnc(Oc2cc(O)c(OCC3CC3)cc2Cl)nc1. The molecular weight excluding hydrogens is 382 g/mol. The lowest BCUT2D eigenvalue weighted by Crippen LogP contribution is -2.28. The standard InChI is InChI=1S/C20H22ClN3O4/c1-12(24-13(2)25)3-4-15-9-22-20(23-10-15)28-18-8-17(26)19(7-16(18)21)27-11-14-5-6-14/h3-4,7-10,12,14,26H,5-6,11H2,1-2H3,(H,24,25)/b4-3+/t12-/m0/s1. The number of aromatic hydroxyl groups is 1. The van der Waals surface area contributed by atoms with Crippen molar-refractivity contribution >= 4 is 23.6 Å². The van der Waals surface area contributed by atoms with Gasteiger partial charge in [-0.2, -0.15) is 0 Å². The summed E-state index contributed by atoms with van der Waals surface area (Å²) < 4.78 is 11.1. The maximum absolute atomic E-state index is 11.0. The highest BCUT2D eigenvalue weighted by Gasteiger charge is 2.23. The molecule has 3 rings (SSSR count). The van der Waals surface area contributed by atoms with Crippen LogP contribution in [0.5, 0.6) is 23.3 Å². The molecule has 7 nitrogen and oxygen atoms in total. The van der Waals surface area contributed by atoms with E-state index in [1.807, 2.05) is 13.0 Å². The van der Waals surface area contributed by atoms with Crippen LogP contribution in [0, 0.1) is 5.92 Å². The summed E-state index contributed by atoms with van der Waals surface area (Å²) in [4.78, 5) is 19.3. The lowest BCUT2D eigenvalue weighted by molar-refractivity contribution is -0.119. The molecule has 1 amide bonds. The van der Waals surface area contributed by atoms with E-state index in [9.17, 15) is 9.90 Å². The molecule has 1 saturated carbocycles. The highest BCUT2D eigenvalue weighted by molar-refractivity contribution is 6.32. The fourth-order valence-corrected chi connectivity index (χ4v) is 2.59. The van der Waals surface area contributed by atoms with Gasteiger partial charge < -0.3 is 19.9 Å². The van der Waals surface area contributed by atoms with Gasteiger partial charge in [-0.1, -0.05) is 23.8 Å². The largest absolute Gasteiger partial charge is 0.504 e. The molecule has 0 spiro atoms. The molecule has 0 radical (unpaired) electrons. The van der Waals surface area contributed by atoms with Crippen LogP contribution < -0.4 is 14.8 Å². The number of nitrogens with zero attached hydrogens (tertiary/aromatic N) is 2. The Morgan fingerprint density at radius 3 is 2.71 bits per heavy atom. The number of carbonyl (C=O) groups excluding carboxylic acids is 1. The molecule has 1 atom stereocenters. The van der Waals surface area contributed by atoms with Crippen LogP contribution in [-0.2, 0) is 4.79 Å². The van der Waals surface area contributed by atoms with E-state index >= 15 is 0 Å². The van der Waals surface area contributed by atoms with E-state index in [-0.39, 0.29) is 29.5 Å². The molecule has 1 aromatic carbocycles. The maximum atomic E-state index is 11.0. The Hall–Kier alpha value is -2.80. The van der Waals surface area contributed by atoms with Crippen molar-refractivity contribution in [1.82, 2.24) is 15.3 Å². The third-order valence-electron chi connectivity index (χ3n) is 4.04. The van der Waals surface area contributed by atoms with Crippen molar-refractivity contribution in [1.29, 1.82) is 0 Å². The fourth-order valence-electron chi connectivity index (χ4n) is 2.40. The summed E-state index contributed by atoms with van der Waals surface area (Å²) in [5, 5.41) is 13.2. The molecule has 1 aliphatic rings. The predicted molar refractivity (Wildman–Crippen MR) is 106 cm³/mol. The van der Waals surface area contributed by atoms with Gasteiger partial charge in [-0.25, -0.2) is 9.97 Å². The Morgan fingerprint density at radius 2 is 2.07 bits per heavy atom. The Labute approximate surface area is 168 Å². The van der Waals surface area contributed by atoms with Crippen LogP contribution in [0.2, 0.25) is 5.02 Å². The minimum absolute atomic E-state index is 0.0495. The smallest absolute Gasteiger partial charge is 0.321 e. The maximum Gasteiger partial charge on any atom is 0.321 e. The zero-order valence-corrected chi connectivity index (χ0v) is 16.4. The van der Waals surface area contributed by atoms with E-state index in [0.29, 0.717) is 23.3 Å². The molecule has 2 aromatic rings. The van der Waals surface area contributed by atoms with E-state index in [1.54, 1.807) is 18.5 Å². The molecule has 1 fully saturated rings. The van der Waals surface area contributed by atoms with Crippen molar-refractivity contribution in [2.75, 3.05) is 6.61 Å². The van der Waals surface area contributed by atoms with Crippen molar-refractivity contribution in [3.63, 3.8) is 0 Å². The lowest BCUT2D eigenvalue weighted by atomic mass is 10.2. The van der Waals surface area contributed by atoms with Gasteiger partial charge in [-0.3, -0.25) is 4.79 Å². The number of benzene rings is 1. The topological polar surface area (TPSA) is 93.6 Å². The van der Waals surface area contributed by atoms with E-state index in [1.165, 1.54) is 19.1 Å². The molecular formula is C20H22ClN3O4. The van der Waals surface area contributed by atoms with Crippen LogP contribution >= 0.6 is 11.6 Å². The summed E-state index contributed by atoms with van der Waals surface area (Å²) in [5.41, 5.74) is 0.752. The molecule has 148 valence electrons. The quantitative estimate of drug-likeness (QED) is 0.693. The first-order valence-corrected chi connectivity index (χ1v) is 9.39. The van der Waals surface area contributed by atoms with Gasteiger partial charge in [0.2, 0.25) is 5.91 Å². The third kappa shape index (κ3) is 5.85. The van der Waals surface area contributed by atoms with Crippen molar-refractivity contribution in [2.24, 2.45) is 5.92 Å². The minimum Gasteiger partial charge on any atom is -0.504 e. The molecule has 8 heteroatoms. The summed E-state index contributed by atoms with van der Waals surface area (Å²) >= 11 is 6.22. The number of nitrogens with one attached hydrogen (secondary N) is 1. The van der Waals surface area contributed by atoms with Crippen LogP contribution in [0.15, 0.2) is 30.6 Å². The number of amides is 1. The second kappa shape index (κ2) is 8.93. The number of rotatable bonds is 8. The molecule has 1 aliphatic carbocycles. The number of halogens is 1. The molecule has 28 heavy (non-hydrogen) atoms. The summed E-state index contributed by atoms with van der Waals surface area (Å²) in [6, 6.07) is 2.90. The molecule has 0 aliphatic heterocycles. The molecule has 1 aromatic heterocycles. The average molecular weight is 404 g/mol. The average Bonchev–Trinajstić information content (AvgIpc) is 3.46. The first-order chi connectivity index (χ1) is 13.4. The summed E-state index contributed by atoms with van der Waals surface area (Å²) in [7, 11) is 0. The summed E-state index contributed by atoms with van der Waals surface area (Å²) in [6.45, 7) is 3.90. The Bertz CT molecular complexity index is 866. The van der Waals surface area contributed by atoms with Gasteiger partial charge in [0.1, 0.15) is 0 Å². The molecule has 0 bridgehead atoms. The number of ether oxygens (including phenoxy) is 2. The van der Waals surface area contributed by atoms with E-state index in [2.05, 4.69) is 15.3 Å². The van der Waals surface area contributed by atoms with Crippen LogP contribution in [0.4, 0.5) is 0 Å². The van der Waals surface area contributed by atoms with Gasteiger partial charge in [0.15, 0.2) is 17.2 Å². The van der Waals surface area contributed by atoms with Gasteiger partial charge in [-0.15, -0.1) is 0 Å². The zero-order chi connectivity index (χ0) is 20.1. The van der Waals surface area contributed by atoms with E-state index in [4.69, 9.17) is 21.1 Å². The van der Waals surface area contributed by atoms with Crippen LogP contribution in [0.25, 0.3) is 6.08 Å². The Balaban J connectivity index is 1.62. The number of phenolic OH excluding ortho intramolecular Hbond substituents is 1. The van der Waals surface area contributed by atoms with E-state index in [0.717, 1.165) is 18.4 Å². The monoisotopic (exact) mass is 403 g/mol. The lowest BCUT2D eigenvalue weighted by Gasteiger charge is -2.11. The minimum atomic E-state index is -0.101. The first-order valence-electron chi connectivity index (χ1n) is 9.01. The number of hydrogen-bond acceptors (Lipinski definition) is 6. The second-order valence-electron chi connectivity index (χ2n) is 6.75. The molecule has 1 heterocycles. The summed E-state index contributed by atoms with van der Waals surface area (Å²) in [6.07, 6.45) is 9.11. The molecule has 2 N–H and O–H groups in total. The molecule has 0 saturated heterocycles. The normalized spacial score (nSPS) is 14.7. The third-order valence-corrected chi connectivity index (χ3v) is 4.34. The summed E-state index contributed by atoms with van der Waals surface area (Å²) in [5.74, 6) is 0.989. The van der Waals surface area contributed by atoms with Gasteiger partial charge in [0, 0.05) is 43.1 Å². The zero-order valence-electron chi connectivity index (χ0n) is 15.7. The molecule has 0 unspecified atom stereocenters. The number of aromatic nitrogens is 2. The van der Waals surface area contributed by atoms with Crippen molar-refractivity contribution in [3.05, 3.63) is 41.2 Å². The van der Waals surface area contributed by atoms with Crippen molar-refractivity contribution in [3.8, 4) is 23.3 Å². The van der Waals surface area contributed by atoms with Crippen molar-refractivity contribution in [2.45, 2.75) is 32.7 Å². The number of phenols is 1. The second-order valence-corrected chi connectivity index (χ2v) is 7.16. The predicted octanol–water partition coefficient (Wildman–Crippen LogP) is 3.95. The highest BCUT2D eigenvalue weighted by Crippen LogP contribution is 2.39. The van der Waals surface area contributed by atoms with Gasteiger partial charge in [0.05, 0.1) is 11.6 Å².